The molecule has 0 fully saturated rings. The van der Waals surface area contributed by atoms with Gasteiger partial charge in [0.15, 0.2) is 5.11 Å². The number of furan rings is 1. The first-order valence-corrected chi connectivity index (χ1v) is 7.84. The molecule has 0 aliphatic rings. The molecule has 2 rings (SSSR count). The number of halogens is 1. The Balaban J connectivity index is 2.33. The molecule has 0 saturated heterocycles. The van der Waals surface area contributed by atoms with Gasteiger partial charge in [0.1, 0.15) is 11.5 Å². The number of nitrogens with zero attached hydrogens (tertiary/aromatic N) is 1. The van der Waals surface area contributed by atoms with Crippen LogP contribution in [0, 0.1) is 0 Å². The summed E-state index contributed by atoms with van der Waals surface area (Å²) in [6.45, 7) is 3.56. The Hall–Kier alpha value is -2.38. The fraction of sp³-hybridized carbons (Fsp3) is 0.188. The minimum atomic E-state index is -0.446. The summed E-state index contributed by atoms with van der Waals surface area (Å²) in [7, 11) is 0. The van der Waals surface area contributed by atoms with Crippen molar-refractivity contribution in [2.75, 3.05) is 0 Å². The zero-order valence-corrected chi connectivity index (χ0v) is 14.6. The standard InChI is InChI=1S/C16H16ClN3O3S/c1-9(2)22-15(21)12-5-3-10(17)7-13(12)14-6-4-11(23-14)8-19-20-16(18)24/h3-9H,1-2H3,(H3,18,20,24)/b19-8-. The highest BCUT2D eigenvalue weighted by Crippen LogP contribution is 2.29. The molecular weight excluding hydrogens is 350 g/mol. The number of ether oxygens (including phenoxy) is 1. The maximum Gasteiger partial charge on any atom is 0.339 e. The van der Waals surface area contributed by atoms with E-state index in [0.29, 0.717) is 27.7 Å². The maximum absolute atomic E-state index is 12.2. The molecule has 3 N–H and O–H groups in total. The van der Waals surface area contributed by atoms with Crippen LogP contribution >= 0.6 is 23.8 Å². The molecule has 1 heterocycles. The molecule has 0 bridgehead atoms. The topological polar surface area (TPSA) is 89.8 Å². The van der Waals surface area contributed by atoms with Crippen molar-refractivity contribution in [1.29, 1.82) is 0 Å². The Morgan fingerprint density at radius 3 is 2.83 bits per heavy atom. The lowest BCUT2D eigenvalue weighted by molar-refractivity contribution is 0.0378. The van der Waals surface area contributed by atoms with Crippen LogP contribution in [0.1, 0.15) is 30.0 Å². The summed E-state index contributed by atoms with van der Waals surface area (Å²) in [5.74, 6) is 0.473. The molecule has 24 heavy (non-hydrogen) atoms. The molecule has 1 aromatic carbocycles. The van der Waals surface area contributed by atoms with E-state index in [-0.39, 0.29) is 11.2 Å². The summed E-state index contributed by atoms with van der Waals surface area (Å²) in [5.41, 5.74) is 8.60. The molecule has 0 aliphatic heterocycles. The average Bonchev–Trinajstić information content (AvgIpc) is 2.94. The van der Waals surface area contributed by atoms with Gasteiger partial charge in [0.05, 0.1) is 17.9 Å². The number of hydrogen-bond acceptors (Lipinski definition) is 5. The van der Waals surface area contributed by atoms with Crippen molar-refractivity contribution in [3.8, 4) is 11.3 Å². The molecule has 0 saturated carbocycles. The van der Waals surface area contributed by atoms with Crippen molar-refractivity contribution < 1.29 is 13.9 Å². The molecule has 1 aromatic heterocycles. The third kappa shape index (κ3) is 4.81. The number of nitrogens with one attached hydrogen (secondary N) is 1. The first-order valence-electron chi connectivity index (χ1n) is 7.06. The highest BCUT2D eigenvalue weighted by molar-refractivity contribution is 7.80. The van der Waals surface area contributed by atoms with Crippen molar-refractivity contribution in [3.05, 3.63) is 46.7 Å². The van der Waals surface area contributed by atoms with Crippen LogP contribution in [-0.2, 0) is 4.74 Å². The van der Waals surface area contributed by atoms with Gasteiger partial charge in [0.2, 0.25) is 0 Å². The fourth-order valence-electron chi connectivity index (χ4n) is 1.90. The van der Waals surface area contributed by atoms with E-state index < -0.39 is 5.97 Å². The Morgan fingerprint density at radius 2 is 2.17 bits per heavy atom. The molecule has 0 radical (unpaired) electrons. The highest BCUT2D eigenvalue weighted by atomic mass is 35.5. The van der Waals surface area contributed by atoms with Gasteiger partial charge in [-0.05, 0) is 56.4 Å². The quantitative estimate of drug-likeness (QED) is 0.365. The Kier molecular flexibility index (Phi) is 5.94. The lowest BCUT2D eigenvalue weighted by atomic mass is 10.1. The summed E-state index contributed by atoms with van der Waals surface area (Å²) >= 11 is 10.7. The predicted molar refractivity (Wildman–Crippen MR) is 97.2 cm³/mol. The number of carbonyl (C=O) groups excluding carboxylic acids is 1. The largest absolute Gasteiger partial charge is 0.459 e. The lowest BCUT2D eigenvalue weighted by Crippen LogP contribution is -2.23. The molecule has 0 aliphatic carbocycles. The normalized spacial score (nSPS) is 11.0. The molecule has 0 atom stereocenters. The number of hydrazone groups is 1. The number of thiocarbonyl (C=S) groups is 1. The van der Waals surface area contributed by atoms with Crippen LogP contribution in [0.5, 0.6) is 0 Å². The Bertz CT molecular complexity index is 787. The Morgan fingerprint density at radius 1 is 1.42 bits per heavy atom. The predicted octanol–water partition coefficient (Wildman–Crippen LogP) is 3.33. The SMILES string of the molecule is CC(C)OC(=O)c1ccc(Cl)cc1-c1ccc(/C=N\NC(N)=S)o1. The molecule has 6 nitrogen and oxygen atoms in total. The van der Waals surface area contributed by atoms with Crippen molar-refractivity contribution in [2.45, 2.75) is 20.0 Å². The molecule has 8 heteroatoms. The molecule has 0 amide bonds. The van der Waals surface area contributed by atoms with Crippen LogP contribution in [0.4, 0.5) is 0 Å². The number of rotatable bonds is 5. The molecule has 2 aromatic rings. The maximum atomic E-state index is 12.2. The van der Waals surface area contributed by atoms with Crippen LogP contribution < -0.4 is 11.2 Å². The van der Waals surface area contributed by atoms with E-state index in [4.69, 9.17) is 26.5 Å². The van der Waals surface area contributed by atoms with Gasteiger partial charge < -0.3 is 14.9 Å². The second kappa shape index (κ2) is 7.94. The molecule has 0 unspecified atom stereocenters. The zero-order chi connectivity index (χ0) is 17.7. The van der Waals surface area contributed by atoms with Gasteiger partial charge >= 0.3 is 5.97 Å². The first kappa shape index (κ1) is 18.0. The van der Waals surface area contributed by atoms with Crippen molar-refractivity contribution >= 4 is 41.1 Å². The van der Waals surface area contributed by atoms with Gasteiger partial charge in [0, 0.05) is 10.6 Å². The number of esters is 1. The minimum absolute atomic E-state index is 0.0478. The minimum Gasteiger partial charge on any atom is -0.459 e. The van der Waals surface area contributed by atoms with E-state index >= 15 is 0 Å². The number of benzene rings is 1. The number of carbonyl (C=O) groups is 1. The first-order chi connectivity index (χ1) is 11.4. The van der Waals surface area contributed by atoms with Gasteiger partial charge in [-0.25, -0.2) is 4.79 Å². The van der Waals surface area contributed by atoms with Gasteiger partial charge in [-0.3, -0.25) is 5.43 Å². The number of nitrogens with two attached hydrogens (primary N) is 1. The van der Waals surface area contributed by atoms with Crippen LogP contribution in [-0.4, -0.2) is 23.4 Å². The van der Waals surface area contributed by atoms with E-state index in [0.717, 1.165) is 0 Å². The van der Waals surface area contributed by atoms with E-state index in [1.165, 1.54) is 6.21 Å². The highest BCUT2D eigenvalue weighted by Gasteiger charge is 2.18. The third-order valence-electron chi connectivity index (χ3n) is 2.80. The summed E-state index contributed by atoms with van der Waals surface area (Å²) in [6.07, 6.45) is 1.19. The van der Waals surface area contributed by atoms with E-state index in [1.807, 2.05) is 0 Å². The average molecular weight is 366 g/mol. The summed E-state index contributed by atoms with van der Waals surface area (Å²) < 4.78 is 10.9. The summed E-state index contributed by atoms with van der Waals surface area (Å²) in [4.78, 5) is 12.2. The molecular formula is C16H16ClN3O3S. The number of hydrogen-bond donors (Lipinski definition) is 2. The molecule has 0 spiro atoms. The fourth-order valence-corrected chi connectivity index (χ4v) is 2.13. The van der Waals surface area contributed by atoms with Gasteiger partial charge in [-0.2, -0.15) is 5.10 Å². The van der Waals surface area contributed by atoms with Crippen LogP contribution in [0.2, 0.25) is 5.02 Å². The van der Waals surface area contributed by atoms with Gasteiger partial charge in [-0.1, -0.05) is 11.6 Å². The lowest BCUT2D eigenvalue weighted by Gasteiger charge is -2.11. The summed E-state index contributed by atoms with van der Waals surface area (Å²) in [6, 6.07) is 8.27. The van der Waals surface area contributed by atoms with Gasteiger partial charge in [-0.15, -0.1) is 0 Å². The van der Waals surface area contributed by atoms with E-state index in [2.05, 4.69) is 22.7 Å². The zero-order valence-electron chi connectivity index (χ0n) is 13.1. The second-order valence-corrected chi connectivity index (χ2v) is 5.96. The van der Waals surface area contributed by atoms with Crippen molar-refractivity contribution in [1.82, 2.24) is 5.43 Å². The smallest absolute Gasteiger partial charge is 0.339 e. The van der Waals surface area contributed by atoms with Crippen molar-refractivity contribution in [3.63, 3.8) is 0 Å². The van der Waals surface area contributed by atoms with Crippen molar-refractivity contribution in [2.24, 2.45) is 10.8 Å². The second-order valence-electron chi connectivity index (χ2n) is 5.08. The van der Waals surface area contributed by atoms with E-state index in [9.17, 15) is 4.79 Å². The molecule has 126 valence electrons. The van der Waals surface area contributed by atoms with Crippen LogP contribution in [0.25, 0.3) is 11.3 Å². The van der Waals surface area contributed by atoms with Crippen LogP contribution in [0.15, 0.2) is 39.9 Å². The monoisotopic (exact) mass is 365 g/mol. The third-order valence-corrected chi connectivity index (χ3v) is 3.13. The Labute approximate surface area is 149 Å². The van der Waals surface area contributed by atoms with E-state index in [1.54, 1.807) is 44.2 Å². The van der Waals surface area contributed by atoms with Gasteiger partial charge in [0.25, 0.3) is 0 Å². The van der Waals surface area contributed by atoms with Crippen LogP contribution in [0.3, 0.4) is 0 Å². The summed E-state index contributed by atoms with van der Waals surface area (Å²) in [5, 5.41) is 4.34.